The first-order valence-electron chi connectivity index (χ1n) is 9.72. The molecule has 0 fully saturated rings. The third kappa shape index (κ3) is 3.93. The SMILES string of the molecule is CCOc1ccc(-c2cc3ccccn3c2C(=O)C(=O)NCc2cccnc2)cc1. The molecule has 0 bridgehead atoms. The van der Waals surface area contributed by atoms with Crippen LogP contribution in [0.1, 0.15) is 23.0 Å². The maximum Gasteiger partial charge on any atom is 0.294 e. The van der Waals surface area contributed by atoms with Gasteiger partial charge in [-0.05, 0) is 54.4 Å². The van der Waals surface area contributed by atoms with Crippen molar-refractivity contribution in [1.29, 1.82) is 0 Å². The van der Waals surface area contributed by atoms with Crippen LogP contribution in [0.15, 0.2) is 79.3 Å². The molecule has 0 saturated heterocycles. The Labute approximate surface area is 174 Å². The Hall–Kier alpha value is -3.93. The molecule has 6 nitrogen and oxygen atoms in total. The number of amides is 1. The summed E-state index contributed by atoms with van der Waals surface area (Å²) < 4.78 is 7.25. The maximum atomic E-state index is 13.1. The summed E-state index contributed by atoms with van der Waals surface area (Å²) in [7, 11) is 0. The van der Waals surface area contributed by atoms with Gasteiger partial charge in [0.1, 0.15) is 11.4 Å². The molecule has 6 heteroatoms. The summed E-state index contributed by atoms with van der Waals surface area (Å²) in [5.74, 6) is -0.490. The zero-order valence-corrected chi connectivity index (χ0v) is 16.5. The quantitative estimate of drug-likeness (QED) is 0.378. The summed E-state index contributed by atoms with van der Waals surface area (Å²) in [6.07, 6.45) is 5.10. The molecule has 0 aliphatic heterocycles. The monoisotopic (exact) mass is 399 g/mol. The number of hydrogen-bond acceptors (Lipinski definition) is 4. The van der Waals surface area contributed by atoms with Crippen LogP contribution in [0.3, 0.4) is 0 Å². The van der Waals surface area contributed by atoms with Gasteiger partial charge < -0.3 is 14.5 Å². The summed E-state index contributed by atoms with van der Waals surface area (Å²) in [6.45, 7) is 2.74. The summed E-state index contributed by atoms with van der Waals surface area (Å²) in [6, 6.07) is 18.7. The highest BCUT2D eigenvalue weighted by Crippen LogP contribution is 2.29. The Kier molecular flexibility index (Phi) is 5.57. The van der Waals surface area contributed by atoms with E-state index in [0.29, 0.717) is 17.9 Å². The Morgan fingerprint density at radius 1 is 1.07 bits per heavy atom. The highest BCUT2D eigenvalue weighted by Gasteiger charge is 2.24. The van der Waals surface area contributed by atoms with Gasteiger partial charge in [-0.2, -0.15) is 0 Å². The number of pyridine rings is 2. The number of fused-ring (bicyclic) bond motifs is 1. The van der Waals surface area contributed by atoms with E-state index in [0.717, 1.165) is 22.4 Å². The first kappa shape index (κ1) is 19.4. The average molecular weight is 399 g/mol. The van der Waals surface area contributed by atoms with Crippen molar-refractivity contribution in [3.63, 3.8) is 0 Å². The van der Waals surface area contributed by atoms with Gasteiger partial charge in [-0.1, -0.05) is 24.3 Å². The molecule has 3 aromatic heterocycles. The predicted molar refractivity (Wildman–Crippen MR) is 114 cm³/mol. The molecule has 0 spiro atoms. The Balaban J connectivity index is 1.67. The van der Waals surface area contributed by atoms with Crippen LogP contribution in [0, 0.1) is 0 Å². The van der Waals surface area contributed by atoms with Crippen molar-refractivity contribution in [1.82, 2.24) is 14.7 Å². The van der Waals surface area contributed by atoms with Crippen LogP contribution in [-0.4, -0.2) is 27.7 Å². The van der Waals surface area contributed by atoms with E-state index in [9.17, 15) is 9.59 Å². The first-order valence-corrected chi connectivity index (χ1v) is 9.72. The topological polar surface area (TPSA) is 72.7 Å². The van der Waals surface area contributed by atoms with Crippen LogP contribution in [0.4, 0.5) is 0 Å². The van der Waals surface area contributed by atoms with Crippen molar-refractivity contribution in [2.24, 2.45) is 0 Å². The molecule has 0 saturated carbocycles. The molecule has 4 rings (SSSR count). The molecule has 150 valence electrons. The van der Waals surface area contributed by atoms with Crippen molar-refractivity contribution in [3.8, 4) is 16.9 Å². The lowest BCUT2D eigenvalue weighted by atomic mass is 10.0. The normalized spacial score (nSPS) is 10.7. The molecule has 0 aliphatic carbocycles. The van der Waals surface area contributed by atoms with Crippen molar-refractivity contribution in [2.75, 3.05) is 6.61 Å². The van der Waals surface area contributed by atoms with Gasteiger partial charge in [-0.15, -0.1) is 0 Å². The fourth-order valence-electron chi connectivity index (χ4n) is 3.35. The largest absolute Gasteiger partial charge is 0.494 e. The van der Waals surface area contributed by atoms with Crippen LogP contribution >= 0.6 is 0 Å². The number of carbonyl (C=O) groups excluding carboxylic acids is 2. The number of rotatable bonds is 7. The fourth-order valence-corrected chi connectivity index (χ4v) is 3.35. The lowest BCUT2D eigenvalue weighted by molar-refractivity contribution is -0.117. The molecular weight excluding hydrogens is 378 g/mol. The predicted octanol–water partition coefficient (Wildman–Crippen LogP) is 3.90. The van der Waals surface area contributed by atoms with Crippen molar-refractivity contribution < 1.29 is 14.3 Å². The third-order valence-electron chi connectivity index (χ3n) is 4.75. The number of aromatic nitrogens is 2. The minimum absolute atomic E-state index is 0.236. The zero-order chi connectivity index (χ0) is 20.9. The van der Waals surface area contributed by atoms with Gasteiger partial charge in [0.25, 0.3) is 11.7 Å². The number of carbonyl (C=O) groups is 2. The highest BCUT2D eigenvalue weighted by molar-refractivity contribution is 6.43. The summed E-state index contributed by atoms with van der Waals surface area (Å²) in [4.78, 5) is 29.8. The molecule has 0 atom stereocenters. The summed E-state index contributed by atoms with van der Waals surface area (Å²) in [5, 5.41) is 2.69. The molecule has 1 N–H and O–H groups in total. The van der Waals surface area contributed by atoms with E-state index in [1.165, 1.54) is 0 Å². The van der Waals surface area contributed by atoms with Crippen molar-refractivity contribution in [3.05, 3.63) is 90.5 Å². The Morgan fingerprint density at radius 2 is 1.90 bits per heavy atom. The van der Waals surface area contributed by atoms with Gasteiger partial charge in [0.2, 0.25) is 0 Å². The second kappa shape index (κ2) is 8.61. The summed E-state index contributed by atoms with van der Waals surface area (Å²) >= 11 is 0. The number of nitrogens with one attached hydrogen (secondary N) is 1. The van der Waals surface area contributed by atoms with E-state index in [-0.39, 0.29) is 6.54 Å². The molecular formula is C24H21N3O3. The van der Waals surface area contributed by atoms with Crippen LogP contribution < -0.4 is 10.1 Å². The van der Waals surface area contributed by atoms with Crippen molar-refractivity contribution >= 4 is 17.2 Å². The van der Waals surface area contributed by atoms with Crippen LogP contribution in [0.25, 0.3) is 16.6 Å². The van der Waals surface area contributed by atoms with Gasteiger partial charge in [0.05, 0.1) is 6.61 Å². The lowest BCUT2D eigenvalue weighted by Gasteiger charge is -2.08. The summed E-state index contributed by atoms with van der Waals surface area (Å²) in [5.41, 5.74) is 3.53. The van der Waals surface area contributed by atoms with E-state index < -0.39 is 11.7 Å². The maximum absolute atomic E-state index is 13.1. The van der Waals surface area contributed by atoms with Gasteiger partial charge in [0, 0.05) is 36.2 Å². The number of benzene rings is 1. The highest BCUT2D eigenvalue weighted by atomic mass is 16.5. The molecule has 0 radical (unpaired) electrons. The number of ketones is 1. The molecule has 1 aromatic carbocycles. The lowest BCUT2D eigenvalue weighted by Crippen LogP contribution is -2.31. The second-order valence-electron chi connectivity index (χ2n) is 6.73. The Bertz CT molecular complexity index is 1180. The van der Waals surface area contributed by atoms with E-state index in [4.69, 9.17) is 4.74 Å². The molecule has 0 aliphatic rings. The fraction of sp³-hybridized carbons (Fsp3) is 0.125. The molecule has 1 amide bonds. The second-order valence-corrected chi connectivity index (χ2v) is 6.73. The van der Waals surface area contributed by atoms with Gasteiger partial charge in [-0.25, -0.2) is 0 Å². The third-order valence-corrected chi connectivity index (χ3v) is 4.75. The number of hydrogen-bond donors (Lipinski definition) is 1. The van der Waals surface area contributed by atoms with Crippen LogP contribution in [0.5, 0.6) is 5.75 Å². The minimum Gasteiger partial charge on any atom is -0.494 e. The van der Waals surface area contributed by atoms with Gasteiger partial charge in [0.15, 0.2) is 0 Å². The van der Waals surface area contributed by atoms with Crippen molar-refractivity contribution in [2.45, 2.75) is 13.5 Å². The van der Waals surface area contributed by atoms with Crippen LogP contribution in [0.2, 0.25) is 0 Å². The average Bonchev–Trinajstić information content (AvgIpc) is 3.18. The minimum atomic E-state index is -0.658. The van der Waals surface area contributed by atoms with E-state index >= 15 is 0 Å². The van der Waals surface area contributed by atoms with E-state index in [1.807, 2.05) is 61.5 Å². The van der Waals surface area contributed by atoms with Crippen LogP contribution in [-0.2, 0) is 11.3 Å². The molecule has 4 aromatic rings. The molecule has 30 heavy (non-hydrogen) atoms. The standard InChI is InChI=1S/C24H21N3O3/c1-2-30-20-10-8-18(9-11-20)21-14-19-7-3-4-13-27(19)22(21)23(28)24(29)26-16-17-6-5-12-25-15-17/h3-15H,2,16H2,1H3,(H,26,29). The van der Waals surface area contributed by atoms with E-state index in [2.05, 4.69) is 10.3 Å². The number of Topliss-reactive ketones (excluding diaryl/α,β-unsaturated/α-hetero) is 1. The molecule has 0 unspecified atom stereocenters. The van der Waals surface area contributed by atoms with Gasteiger partial charge in [-0.3, -0.25) is 14.6 Å². The number of ether oxygens (including phenoxy) is 1. The van der Waals surface area contributed by atoms with Gasteiger partial charge >= 0.3 is 0 Å². The number of nitrogens with zero attached hydrogens (tertiary/aromatic N) is 2. The smallest absolute Gasteiger partial charge is 0.294 e. The zero-order valence-electron chi connectivity index (χ0n) is 16.5. The Morgan fingerprint density at radius 3 is 2.63 bits per heavy atom. The first-order chi connectivity index (χ1) is 14.7. The van der Waals surface area contributed by atoms with E-state index in [1.54, 1.807) is 29.1 Å². The molecule has 3 heterocycles.